The molecule has 0 N–H and O–H groups in total. The molecule has 2 aromatic heterocycles. The Kier molecular flexibility index (Phi) is 8.77. The first kappa shape index (κ1) is 30.7. The minimum atomic E-state index is -0.973. The van der Waals surface area contributed by atoms with E-state index < -0.39 is 5.79 Å². The molecule has 3 atom stereocenters. The molecule has 12 nitrogen and oxygen atoms in total. The zero-order chi connectivity index (χ0) is 32.2. The minimum Gasteiger partial charge on any atom is -0.491 e. The van der Waals surface area contributed by atoms with Crippen LogP contribution in [0.1, 0.15) is 31.9 Å². The zero-order valence-electron chi connectivity index (χ0n) is 26.8. The molecule has 3 aromatic carbocycles. The molecule has 47 heavy (non-hydrogen) atoms. The summed E-state index contributed by atoms with van der Waals surface area (Å²) in [5.41, 5.74) is 3.95. The number of rotatable bonds is 11. The lowest BCUT2D eigenvalue weighted by atomic mass is 10.1. The Morgan fingerprint density at radius 2 is 1.47 bits per heavy atom. The molecule has 12 heteroatoms. The van der Waals surface area contributed by atoms with Crippen LogP contribution in [0.15, 0.2) is 102 Å². The number of ether oxygens (including phenoxy) is 3. The quantitative estimate of drug-likeness (QED) is 0.210. The van der Waals surface area contributed by atoms with Gasteiger partial charge in [-0.3, -0.25) is 0 Å². The van der Waals surface area contributed by atoms with Gasteiger partial charge in [-0.15, -0.1) is 0 Å². The van der Waals surface area contributed by atoms with Crippen LogP contribution in [0.25, 0.3) is 5.69 Å². The van der Waals surface area contributed by atoms with Gasteiger partial charge in [0.05, 0.1) is 30.7 Å². The molecule has 0 radical (unpaired) electrons. The second-order valence-electron chi connectivity index (χ2n) is 12.0. The van der Waals surface area contributed by atoms with Crippen LogP contribution in [-0.2, 0) is 21.8 Å². The zero-order valence-corrected chi connectivity index (χ0v) is 26.8. The molecule has 0 amide bonds. The summed E-state index contributed by atoms with van der Waals surface area (Å²) in [5.74, 6) is -0.185. The van der Waals surface area contributed by atoms with Crippen molar-refractivity contribution in [1.82, 2.24) is 29.3 Å². The van der Waals surface area contributed by atoms with E-state index in [1.165, 1.54) is 5.69 Å². The van der Waals surface area contributed by atoms with Gasteiger partial charge < -0.3 is 24.0 Å². The van der Waals surface area contributed by atoms with Crippen molar-refractivity contribution in [3.05, 3.63) is 114 Å². The van der Waals surface area contributed by atoms with Crippen molar-refractivity contribution >= 4 is 11.4 Å². The molecule has 4 heterocycles. The first-order chi connectivity index (χ1) is 23.0. The second-order valence-corrected chi connectivity index (χ2v) is 12.0. The van der Waals surface area contributed by atoms with Gasteiger partial charge in [-0.2, -0.15) is 20.1 Å². The molecule has 2 fully saturated rings. The molecule has 2 aliphatic rings. The van der Waals surface area contributed by atoms with Gasteiger partial charge in [0, 0.05) is 43.1 Å². The van der Waals surface area contributed by atoms with Gasteiger partial charge in [-0.25, -0.2) is 14.0 Å². The monoisotopic (exact) mass is 636 g/mol. The molecule has 2 unspecified atom stereocenters. The van der Waals surface area contributed by atoms with E-state index in [2.05, 4.69) is 56.3 Å². The van der Waals surface area contributed by atoms with Gasteiger partial charge in [-0.1, -0.05) is 37.3 Å². The van der Waals surface area contributed by atoms with E-state index in [9.17, 15) is 4.79 Å². The summed E-state index contributed by atoms with van der Waals surface area (Å²) >= 11 is 0. The largest absolute Gasteiger partial charge is 0.491 e. The van der Waals surface area contributed by atoms with Crippen molar-refractivity contribution in [2.75, 3.05) is 49.2 Å². The molecule has 5 aromatic rings. The Labute approximate surface area is 273 Å². The van der Waals surface area contributed by atoms with E-state index in [1.54, 1.807) is 32.8 Å². The Bertz CT molecular complexity index is 1780. The predicted octanol–water partition coefficient (Wildman–Crippen LogP) is 4.27. The molecule has 0 spiro atoms. The number of hydrogen-bond acceptors (Lipinski definition) is 9. The van der Waals surface area contributed by atoms with Gasteiger partial charge >= 0.3 is 5.69 Å². The summed E-state index contributed by atoms with van der Waals surface area (Å²) in [6, 6.07) is 26.4. The highest BCUT2D eigenvalue weighted by atomic mass is 16.8. The Hall–Kier alpha value is -4.94. The van der Waals surface area contributed by atoms with Crippen molar-refractivity contribution in [3.63, 3.8) is 0 Å². The van der Waals surface area contributed by atoms with E-state index >= 15 is 0 Å². The summed E-state index contributed by atoms with van der Waals surface area (Å²) in [5, 5.41) is 12.8. The van der Waals surface area contributed by atoms with Crippen LogP contribution in [-0.4, -0.2) is 74.8 Å². The van der Waals surface area contributed by atoms with E-state index in [0.29, 0.717) is 19.8 Å². The number of aromatic nitrogens is 6. The number of piperazine rings is 1. The number of anilines is 2. The predicted molar refractivity (Wildman–Crippen MR) is 178 cm³/mol. The number of hydrogen-bond donors (Lipinski definition) is 0. The maximum absolute atomic E-state index is 12.8. The van der Waals surface area contributed by atoms with Gasteiger partial charge in [0.2, 0.25) is 5.79 Å². The molecule has 2 aliphatic heterocycles. The topological polar surface area (TPSA) is 105 Å². The highest BCUT2D eigenvalue weighted by molar-refractivity contribution is 5.54. The molecule has 7 rings (SSSR count). The summed E-state index contributed by atoms with van der Waals surface area (Å²) in [6.07, 6.45) is 5.51. The Morgan fingerprint density at radius 3 is 2.11 bits per heavy atom. The lowest BCUT2D eigenvalue weighted by Crippen LogP contribution is -2.46. The average molecular weight is 637 g/mol. The maximum atomic E-state index is 12.8. The number of benzene rings is 3. The van der Waals surface area contributed by atoms with E-state index in [-0.39, 0.29) is 17.8 Å². The summed E-state index contributed by atoms with van der Waals surface area (Å²) in [7, 11) is 0. The molecule has 0 bridgehead atoms. The van der Waals surface area contributed by atoms with Crippen molar-refractivity contribution in [2.45, 2.75) is 44.7 Å². The summed E-state index contributed by atoms with van der Waals surface area (Å²) in [4.78, 5) is 19.1. The fraction of sp³-hybridized carbons (Fsp3) is 0.371. The van der Waals surface area contributed by atoms with Crippen molar-refractivity contribution in [1.29, 1.82) is 0 Å². The van der Waals surface area contributed by atoms with Crippen LogP contribution in [0.5, 0.6) is 5.75 Å². The van der Waals surface area contributed by atoms with E-state index in [0.717, 1.165) is 55.3 Å². The first-order valence-electron chi connectivity index (χ1n) is 16.2. The maximum Gasteiger partial charge on any atom is 0.350 e. The van der Waals surface area contributed by atoms with Crippen LogP contribution in [0.4, 0.5) is 11.4 Å². The highest BCUT2D eigenvalue weighted by Gasteiger charge is 2.44. The van der Waals surface area contributed by atoms with Gasteiger partial charge in [0.15, 0.2) is 0 Å². The average Bonchev–Trinajstić information content (AvgIpc) is 3.89. The normalized spacial score (nSPS) is 20.4. The first-order valence-corrected chi connectivity index (χ1v) is 16.2. The molecular formula is C35H40N8O4. The van der Waals surface area contributed by atoms with Gasteiger partial charge in [0.1, 0.15) is 31.3 Å². The summed E-state index contributed by atoms with van der Waals surface area (Å²) in [6.45, 7) is 8.79. The van der Waals surface area contributed by atoms with Crippen LogP contribution in [0, 0.1) is 0 Å². The van der Waals surface area contributed by atoms with Crippen molar-refractivity contribution < 1.29 is 14.2 Å². The van der Waals surface area contributed by atoms with Crippen molar-refractivity contribution in [2.24, 2.45) is 0 Å². The molecule has 244 valence electrons. The van der Waals surface area contributed by atoms with Crippen molar-refractivity contribution in [3.8, 4) is 11.4 Å². The standard InChI is InChI=1S/C35H40N8O4/c1-3-27(2)43-34(44)41(26-38-43)31-11-9-29(10-12-31)39-19-21-40(22-20-39)30-13-15-32(16-14-30)45-23-33-24-46-35(47-33,25-42-36-17-18-37-42)28-7-5-4-6-8-28/h4-18,26-27,33H,3,19-25H2,1-2H3/t27?,33-,35?/m1/s1. The molecule has 0 aliphatic carbocycles. The third-order valence-corrected chi connectivity index (χ3v) is 9.00. The van der Waals surface area contributed by atoms with Crippen LogP contribution >= 0.6 is 0 Å². The third kappa shape index (κ3) is 6.51. The molecular weight excluding hydrogens is 596 g/mol. The highest BCUT2D eigenvalue weighted by Crippen LogP contribution is 2.36. The molecule has 2 saturated heterocycles. The fourth-order valence-corrected chi connectivity index (χ4v) is 6.13. The van der Waals surface area contributed by atoms with E-state index in [4.69, 9.17) is 14.2 Å². The number of nitrogens with zero attached hydrogens (tertiary/aromatic N) is 8. The minimum absolute atomic E-state index is 0.0721. The van der Waals surface area contributed by atoms with Gasteiger partial charge in [0.25, 0.3) is 0 Å². The smallest absolute Gasteiger partial charge is 0.350 e. The van der Waals surface area contributed by atoms with Crippen LogP contribution in [0.2, 0.25) is 0 Å². The Morgan fingerprint density at radius 1 is 0.851 bits per heavy atom. The second kappa shape index (κ2) is 13.4. The SMILES string of the molecule is CCC(C)n1ncn(-c2ccc(N3CCN(c4ccc(OC[C@@H]5COC(Cn6nccn6)(c6ccccc6)O5)cc4)CC3)cc2)c1=O. The van der Waals surface area contributed by atoms with Crippen LogP contribution in [0.3, 0.4) is 0 Å². The third-order valence-electron chi connectivity index (χ3n) is 9.00. The van der Waals surface area contributed by atoms with Crippen LogP contribution < -0.4 is 20.2 Å². The lowest BCUT2D eigenvalue weighted by Gasteiger charge is -2.37. The Balaban J connectivity index is 0.913. The fourth-order valence-electron chi connectivity index (χ4n) is 6.13. The molecule has 0 saturated carbocycles. The summed E-state index contributed by atoms with van der Waals surface area (Å²) < 4.78 is 22.0. The van der Waals surface area contributed by atoms with Gasteiger partial charge in [-0.05, 0) is 61.9 Å². The van der Waals surface area contributed by atoms with E-state index in [1.807, 2.05) is 61.5 Å². The lowest BCUT2D eigenvalue weighted by molar-refractivity contribution is -0.192.